The molecular formula is C13H19NO2. The van der Waals surface area contributed by atoms with Gasteiger partial charge in [0.2, 0.25) is 0 Å². The Morgan fingerprint density at radius 1 is 1.38 bits per heavy atom. The Morgan fingerprint density at radius 3 is 2.50 bits per heavy atom. The first-order chi connectivity index (χ1) is 7.69. The monoisotopic (exact) mass is 221 g/mol. The van der Waals surface area contributed by atoms with Crippen LogP contribution in [-0.4, -0.2) is 24.1 Å². The first kappa shape index (κ1) is 12.6. The maximum absolute atomic E-state index is 11.6. The van der Waals surface area contributed by atoms with Crippen LogP contribution in [0.15, 0.2) is 30.3 Å². The van der Waals surface area contributed by atoms with Crippen LogP contribution in [0.25, 0.3) is 0 Å². The van der Waals surface area contributed by atoms with Crippen LogP contribution in [0.1, 0.15) is 25.8 Å². The fraction of sp³-hybridized carbons (Fsp3) is 0.462. The van der Waals surface area contributed by atoms with Crippen LogP contribution in [-0.2, 0) is 11.3 Å². The van der Waals surface area contributed by atoms with E-state index < -0.39 is 0 Å². The number of rotatable bonds is 4. The minimum Gasteiger partial charge on any atom is -0.453 e. The molecule has 16 heavy (non-hydrogen) atoms. The van der Waals surface area contributed by atoms with E-state index in [9.17, 15) is 4.79 Å². The van der Waals surface area contributed by atoms with Crippen LogP contribution >= 0.6 is 0 Å². The van der Waals surface area contributed by atoms with Crippen molar-refractivity contribution in [2.45, 2.75) is 32.9 Å². The highest BCUT2D eigenvalue weighted by molar-refractivity contribution is 5.67. The lowest BCUT2D eigenvalue weighted by Gasteiger charge is -2.27. The van der Waals surface area contributed by atoms with Gasteiger partial charge in [-0.05, 0) is 18.9 Å². The van der Waals surface area contributed by atoms with Crippen molar-refractivity contribution in [1.29, 1.82) is 0 Å². The van der Waals surface area contributed by atoms with Crippen LogP contribution < -0.4 is 0 Å². The fourth-order valence-electron chi connectivity index (χ4n) is 1.52. The van der Waals surface area contributed by atoms with Crippen molar-refractivity contribution < 1.29 is 9.53 Å². The summed E-state index contributed by atoms with van der Waals surface area (Å²) in [6, 6.07) is 10.1. The second-order valence-electron chi connectivity index (χ2n) is 3.84. The van der Waals surface area contributed by atoms with Gasteiger partial charge < -0.3 is 9.64 Å². The lowest BCUT2D eigenvalue weighted by atomic mass is 10.1. The summed E-state index contributed by atoms with van der Waals surface area (Å²) in [5, 5.41) is 0. The van der Waals surface area contributed by atoms with Crippen LogP contribution in [0.3, 0.4) is 0 Å². The highest BCUT2D eigenvalue weighted by Gasteiger charge is 2.19. The number of nitrogens with zero attached hydrogens (tertiary/aromatic N) is 1. The largest absolute Gasteiger partial charge is 0.453 e. The number of carbonyl (C=O) groups is 1. The molecule has 0 saturated heterocycles. The summed E-state index contributed by atoms with van der Waals surface area (Å²) >= 11 is 0. The van der Waals surface area contributed by atoms with Gasteiger partial charge in [-0.1, -0.05) is 37.3 Å². The molecule has 1 unspecified atom stereocenters. The molecule has 1 atom stereocenters. The smallest absolute Gasteiger partial charge is 0.410 e. The molecule has 0 fully saturated rings. The quantitative estimate of drug-likeness (QED) is 0.782. The molecule has 0 N–H and O–H groups in total. The summed E-state index contributed by atoms with van der Waals surface area (Å²) in [6.07, 6.45) is 0.653. The minimum absolute atomic E-state index is 0.188. The Morgan fingerprint density at radius 2 is 2.00 bits per heavy atom. The van der Waals surface area contributed by atoms with Crippen molar-refractivity contribution in [3.8, 4) is 0 Å². The number of amides is 1. The van der Waals surface area contributed by atoms with E-state index >= 15 is 0 Å². The second kappa shape index (κ2) is 6.16. The fourth-order valence-corrected chi connectivity index (χ4v) is 1.52. The van der Waals surface area contributed by atoms with Gasteiger partial charge in [-0.15, -0.1) is 0 Å². The Balaban J connectivity index is 2.75. The number of methoxy groups -OCH3 is 1. The molecule has 88 valence electrons. The summed E-state index contributed by atoms with van der Waals surface area (Å²) in [7, 11) is 1.42. The molecule has 0 aliphatic carbocycles. The minimum atomic E-state index is -0.266. The van der Waals surface area contributed by atoms with Crippen LogP contribution in [0.4, 0.5) is 4.79 Å². The normalized spacial score (nSPS) is 11.9. The summed E-state index contributed by atoms with van der Waals surface area (Å²) in [6.45, 7) is 4.69. The lowest BCUT2D eigenvalue weighted by molar-refractivity contribution is 0.103. The van der Waals surface area contributed by atoms with Crippen molar-refractivity contribution in [2.24, 2.45) is 0 Å². The SMILES string of the molecule is CCC(C)N(Cc1ccccc1)C(=O)OC. The van der Waals surface area contributed by atoms with E-state index in [0.29, 0.717) is 6.54 Å². The summed E-state index contributed by atoms with van der Waals surface area (Å²) < 4.78 is 4.79. The Hall–Kier alpha value is -1.51. The van der Waals surface area contributed by atoms with Gasteiger partial charge in [-0.25, -0.2) is 4.79 Å². The average Bonchev–Trinajstić information content (AvgIpc) is 2.35. The Kier molecular flexibility index (Phi) is 4.83. The molecule has 1 rings (SSSR count). The predicted molar refractivity (Wildman–Crippen MR) is 64.1 cm³/mol. The van der Waals surface area contributed by atoms with Gasteiger partial charge in [0.15, 0.2) is 0 Å². The maximum Gasteiger partial charge on any atom is 0.410 e. The van der Waals surface area contributed by atoms with Gasteiger partial charge in [-0.2, -0.15) is 0 Å². The van der Waals surface area contributed by atoms with Gasteiger partial charge >= 0.3 is 6.09 Å². The Bertz CT molecular complexity index is 324. The average molecular weight is 221 g/mol. The number of ether oxygens (including phenoxy) is 1. The first-order valence-electron chi connectivity index (χ1n) is 5.57. The molecule has 0 aliphatic heterocycles. The van der Waals surface area contributed by atoms with Crippen LogP contribution in [0.5, 0.6) is 0 Å². The number of carbonyl (C=O) groups excluding carboxylic acids is 1. The number of benzene rings is 1. The third-order valence-electron chi connectivity index (χ3n) is 2.73. The third-order valence-corrected chi connectivity index (χ3v) is 2.73. The van der Waals surface area contributed by atoms with E-state index in [2.05, 4.69) is 6.92 Å². The van der Waals surface area contributed by atoms with Crippen molar-refractivity contribution in [3.63, 3.8) is 0 Å². The van der Waals surface area contributed by atoms with Crippen molar-refractivity contribution >= 4 is 6.09 Å². The second-order valence-corrected chi connectivity index (χ2v) is 3.84. The van der Waals surface area contributed by atoms with E-state index in [0.717, 1.165) is 12.0 Å². The van der Waals surface area contributed by atoms with Gasteiger partial charge in [0.05, 0.1) is 7.11 Å². The Labute approximate surface area is 97.0 Å². The molecule has 0 aliphatic rings. The molecule has 0 heterocycles. The number of hydrogen-bond acceptors (Lipinski definition) is 2. The topological polar surface area (TPSA) is 29.5 Å². The molecule has 0 radical (unpaired) electrons. The highest BCUT2D eigenvalue weighted by atomic mass is 16.5. The van der Waals surface area contributed by atoms with Crippen molar-refractivity contribution in [3.05, 3.63) is 35.9 Å². The third kappa shape index (κ3) is 3.26. The first-order valence-corrected chi connectivity index (χ1v) is 5.57. The standard InChI is InChI=1S/C13H19NO2/c1-4-11(2)14(13(15)16-3)10-12-8-6-5-7-9-12/h5-9,11H,4,10H2,1-3H3. The zero-order valence-corrected chi connectivity index (χ0v) is 10.1. The summed E-state index contributed by atoms with van der Waals surface area (Å²) in [5.74, 6) is 0. The van der Waals surface area contributed by atoms with E-state index in [1.807, 2.05) is 37.3 Å². The van der Waals surface area contributed by atoms with E-state index in [1.54, 1.807) is 4.90 Å². The molecule has 0 bridgehead atoms. The summed E-state index contributed by atoms with van der Waals surface area (Å²) in [5.41, 5.74) is 1.12. The molecule has 0 spiro atoms. The lowest BCUT2D eigenvalue weighted by Crippen LogP contribution is -2.37. The molecule has 1 aromatic carbocycles. The van der Waals surface area contributed by atoms with E-state index in [4.69, 9.17) is 4.74 Å². The molecule has 1 aromatic rings. The zero-order chi connectivity index (χ0) is 12.0. The van der Waals surface area contributed by atoms with Crippen molar-refractivity contribution in [2.75, 3.05) is 7.11 Å². The van der Waals surface area contributed by atoms with E-state index in [-0.39, 0.29) is 12.1 Å². The van der Waals surface area contributed by atoms with Crippen LogP contribution in [0.2, 0.25) is 0 Å². The summed E-state index contributed by atoms with van der Waals surface area (Å²) in [4.78, 5) is 13.4. The van der Waals surface area contributed by atoms with Gasteiger partial charge in [0, 0.05) is 12.6 Å². The molecule has 3 heteroatoms. The van der Waals surface area contributed by atoms with Gasteiger partial charge in [0.25, 0.3) is 0 Å². The predicted octanol–water partition coefficient (Wildman–Crippen LogP) is 3.05. The zero-order valence-electron chi connectivity index (χ0n) is 10.1. The van der Waals surface area contributed by atoms with Gasteiger partial charge in [-0.3, -0.25) is 0 Å². The maximum atomic E-state index is 11.6. The number of hydrogen-bond donors (Lipinski definition) is 0. The molecule has 1 amide bonds. The molecule has 0 saturated carbocycles. The molecule has 0 aromatic heterocycles. The van der Waals surface area contributed by atoms with Crippen molar-refractivity contribution in [1.82, 2.24) is 4.90 Å². The van der Waals surface area contributed by atoms with E-state index in [1.165, 1.54) is 7.11 Å². The molecule has 3 nitrogen and oxygen atoms in total. The van der Waals surface area contributed by atoms with Gasteiger partial charge in [0.1, 0.15) is 0 Å². The highest BCUT2D eigenvalue weighted by Crippen LogP contribution is 2.11. The van der Waals surface area contributed by atoms with Crippen LogP contribution in [0, 0.1) is 0 Å². The molecular weight excluding hydrogens is 202 g/mol.